The lowest BCUT2D eigenvalue weighted by atomic mass is 10.2. The van der Waals surface area contributed by atoms with Crippen molar-refractivity contribution in [2.45, 2.75) is 6.92 Å². The lowest BCUT2D eigenvalue weighted by molar-refractivity contribution is -0.649. The third-order valence-electron chi connectivity index (χ3n) is 2.99. The molecule has 0 aliphatic carbocycles. The maximum absolute atomic E-state index is 3.33. The smallest absolute Gasteiger partial charge is 0.244 e. The van der Waals surface area contributed by atoms with E-state index in [0.29, 0.717) is 0 Å². The zero-order valence-electron chi connectivity index (χ0n) is 10.0. The van der Waals surface area contributed by atoms with Crippen LogP contribution in [0.4, 0.5) is 0 Å². The molecule has 0 amide bonds. The van der Waals surface area contributed by atoms with Gasteiger partial charge in [0.25, 0.3) is 0 Å². The molecule has 0 spiro atoms. The van der Waals surface area contributed by atoms with Gasteiger partial charge in [-0.05, 0) is 6.92 Å². The average Bonchev–Trinajstić information content (AvgIpc) is 2.68. The third-order valence-corrected chi connectivity index (χ3v) is 2.99. The third kappa shape index (κ3) is 1.62. The van der Waals surface area contributed by atoms with Gasteiger partial charge in [0.1, 0.15) is 0 Å². The molecule has 0 radical (unpaired) electrons. The number of benzene rings is 2. The van der Waals surface area contributed by atoms with Gasteiger partial charge in [0.2, 0.25) is 6.33 Å². The second kappa shape index (κ2) is 3.74. The minimum Gasteiger partial charge on any atom is -0.319 e. The monoisotopic (exact) mass is 222 g/mol. The van der Waals surface area contributed by atoms with Crippen LogP contribution < -0.4 is 4.57 Å². The molecule has 2 aromatic carbocycles. The van der Waals surface area contributed by atoms with Crippen LogP contribution in [0.15, 0.2) is 48.5 Å². The highest BCUT2D eigenvalue weighted by molar-refractivity contribution is 5.73. The quantitative estimate of drug-likeness (QED) is 0.442. The minimum absolute atomic E-state index is 1.15. The molecule has 0 saturated heterocycles. The maximum Gasteiger partial charge on any atom is 0.244 e. The number of hydrogen-bond acceptors (Lipinski definition) is 0. The first-order chi connectivity index (χ1) is 8.25. The summed E-state index contributed by atoms with van der Waals surface area (Å²) in [6, 6.07) is 16.8. The van der Waals surface area contributed by atoms with E-state index in [4.69, 9.17) is 0 Å². The summed E-state index contributed by atoms with van der Waals surface area (Å²) in [6.45, 7) is 2.11. The van der Waals surface area contributed by atoms with Crippen LogP contribution in [-0.4, -0.2) is 4.57 Å². The van der Waals surface area contributed by atoms with Crippen molar-refractivity contribution < 1.29 is 4.57 Å². The molecule has 2 nitrogen and oxygen atoms in total. The number of rotatable bonds is 1. The zero-order chi connectivity index (χ0) is 11.8. The highest BCUT2D eigenvalue weighted by atomic mass is 15.1. The number of aromatic nitrogens is 2. The largest absolute Gasteiger partial charge is 0.319 e. The molecule has 1 heterocycles. The molecule has 0 aliphatic heterocycles. The fourth-order valence-electron chi connectivity index (χ4n) is 2.16. The van der Waals surface area contributed by atoms with Crippen molar-refractivity contribution in [3.63, 3.8) is 0 Å². The first kappa shape index (κ1) is 10.1. The van der Waals surface area contributed by atoms with Crippen molar-refractivity contribution in [3.8, 4) is 5.69 Å². The number of hydrogen-bond donors (Lipinski definition) is 0. The molecule has 3 rings (SSSR count). The van der Waals surface area contributed by atoms with Crippen LogP contribution in [0.25, 0.3) is 16.7 Å². The van der Waals surface area contributed by atoms with Crippen LogP contribution in [0.1, 0.15) is 5.56 Å². The number of aryl methyl sites for hydroxylation is 2. The van der Waals surface area contributed by atoms with E-state index in [9.17, 15) is 0 Å². The minimum atomic E-state index is 1.15. The average molecular weight is 222 g/mol. The first-order valence-electron chi connectivity index (χ1n) is 5.71. The topological polar surface area (TPSA) is 8.81 Å². The molecule has 0 bridgehead atoms. The van der Waals surface area contributed by atoms with Gasteiger partial charge in [0.05, 0.1) is 23.8 Å². The highest BCUT2D eigenvalue weighted by Crippen LogP contribution is 2.16. The molecule has 3 aromatic rings. The summed E-state index contributed by atoms with van der Waals surface area (Å²) in [4.78, 5) is 0. The molecule has 0 aliphatic rings. The number of fused-ring (bicyclic) bond motifs is 1. The summed E-state index contributed by atoms with van der Waals surface area (Å²) in [5, 5.41) is 0. The van der Waals surface area contributed by atoms with Crippen LogP contribution in [0.3, 0.4) is 0 Å². The highest BCUT2D eigenvalue weighted by Gasteiger charge is 2.05. The molecule has 17 heavy (non-hydrogen) atoms. The van der Waals surface area contributed by atoms with Crippen LogP contribution in [0, 0.1) is 13.3 Å². The summed E-state index contributed by atoms with van der Waals surface area (Å²) >= 11 is 0. The Bertz CT molecular complexity index is 680. The van der Waals surface area contributed by atoms with Crippen molar-refractivity contribution in [1.82, 2.24) is 4.57 Å². The maximum atomic E-state index is 3.33. The van der Waals surface area contributed by atoms with Gasteiger partial charge in [-0.15, -0.1) is 0 Å². The van der Waals surface area contributed by atoms with E-state index in [2.05, 4.69) is 66.3 Å². The fraction of sp³-hybridized carbons (Fsp3) is 0.133. The van der Waals surface area contributed by atoms with Crippen molar-refractivity contribution in [2.75, 3.05) is 0 Å². The Morgan fingerprint density at radius 3 is 2.71 bits per heavy atom. The normalized spacial score (nSPS) is 10.9. The van der Waals surface area contributed by atoms with Crippen LogP contribution in [0.2, 0.25) is 0 Å². The summed E-state index contributed by atoms with van der Waals surface area (Å²) in [5.41, 5.74) is 4.78. The standard InChI is InChI=1S/C15H14N2/c1-12-6-5-7-13(10-12)17-11-16(2)14-8-3-4-9-15(14)17/h3-10H,1-2H3. The Morgan fingerprint density at radius 1 is 1.06 bits per heavy atom. The van der Waals surface area contributed by atoms with Gasteiger partial charge in [0, 0.05) is 0 Å². The van der Waals surface area contributed by atoms with Gasteiger partial charge in [-0.25, -0.2) is 0 Å². The van der Waals surface area contributed by atoms with Gasteiger partial charge in [-0.1, -0.05) is 54.1 Å². The first-order valence-corrected chi connectivity index (χ1v) is 5.71. The van der Waals surface area contributed by atoms with Crippen LogP contribution in [-0.2, 0) is 7.05 Å². The predicted molar refractivity (Wildman–Crippen MR) is 68.0 cm³/mol. The van der Waals surface area contributed by atoms with E-state index in [-0.39, 0.29) is 0 Å². The van der Waals surface area contributed by atoms with Crippen LogP contribution in [0.5, 0.6) is 0 Å². The van der Waals surface area contributed by atoms with E-state index in [1.54, 1.807) is 0 Å². The Morgan fingerprint density at radius 2 is 1.88 bits per heavy atom. The molecule has 0 fully saturated rings. The van der Waals surface area contributed by atoms with Crippen molar-refractivity contribution in [3.05, 3.63) is 60.4 Å². The van der Waals surface area contributed by atoms with Crippen molar-refractivity contribution in [1.29, 1.82) is 0 Å². The summed E-state index contributed by atoms with van der Waals surface area (Å²) in [5.74, 6) is 0. The molecule has 0 unspecified atom stereocenters. The van der Waals surface area contributed by atoms with Crippen molar-refractivity contribution in [2.24, 2.45) is 7.05 Å². The van der Waals surface area contributed by atoms with E-state index in [0.717, 1.165) is 5.69 Å². The molecular formula is C15H14N2. The summed E-state index contributed by atoms with van der Waals surface area (Å²) in [7, 11) is 2.02. The molecule has 0 atom stereocenters. The predicted octanol–water partition coefficient (Wildman–Crippen LogP) is 2.56. The Labute approximate surface area is 101 Å². The van der Waals surface area contributed by atoms with Crippen LogP contribution >= 0.6 is 0 Å². The Kier molecular flexibility index (Phi) is 2.22. The number of imidazole rings is 1. The molecular weight excluding hydrogens is 208 g/mol. The molecule has 84 valence electrons. The van der Waals surface area contributed by atoms with E-state index >= 15 is 0 Å². The lowest BCUT2D eigenvalue weighted by Gasteiger charge is -2.05. The molecule has 0 N–H and O–H groups in total. The van der Waals surface area contributed by atoms with E-state index in [1.165, 1.54) is 16.6 Å². The second-order valence-electron chi connectivity index (χ2n) is 4.32. The molecule has 0 saturated carbocycles. The SMILES string of the molecule is Cc1cccc(-n2[c-][n+](C)c3ccccc32)c1. The number of para-hydroxylation sites is 2. The summed E-state index contributed by atoms with van der Waals surface area (Å²) in [6.07, 6.45) is 3.33. The number of nitrogens with zero attached hydrogens (tertiary/aromatic N) is 2. The molecule has 2 heteroatoms. The Hall–Kier alpha value is -2.09. The fourth-order valence-corrected chi connectivity index (χ4v) is 2.16. The summed E-state index contributed by atoms with van der Waals surface area (Å²) < 4.78 is 4.12. The van der Waals surface area contributed by atoms with Gasteiger partial charge in [-0.2, -0.15) is 0 Å². The van der Waals surface area contributed by atoms with E-state index < -0.39 is 0 Å². The van der Waals surface area contributed by atoms with Gasteiger partial charge < -0.3 is 9.13 Å². The Balaban J connectivity index is 2.31. The van der Waals surface area contributed by atoms with Gasteiger partial charge >= 0.3 is 0 Å². The lowest BCUT2D eigenvalue weighted by Crippen LogP contribution is -2.26. The molecule has 1 aromatic heterocycles. The van der Waals surface area contributed by atoms with E-state index in [1.807, 2.05) is 11.6 Å². The van der Waals surface area contributed by atoms with Gasteiger partial charge in [-0.3, -0.25) is 0 Å². The van der Waals surface area contributed by atoms with Gasteiger partial charge in [0.15, 0.2) is 0 Å². The van der Waals surface area contributed by atoms with Crippen molar-refractivity contribution >= 4 is 11.0 Å². The second-order valence-corrected chi connectivity index (χ2v) is 4.32. The zero-order valence-corrected chi connectivity index (χ0v) is 10.0.